The van der Waals surface area contributed by atoms with Gasteiger partial charge in [-0.05, 0) is 30.7 Å². The lowest BCUT2D eigenvalue weighted by molar-refractivity contribution is -0.138. The van der Waals surface area contributed by atoms with Crippen LogP contribution in [0, 0.1) is 6.92 Å². The van der Waals surface area contributed by atoms with Crippen molar-refractivity contribution in [2.75, 3.05) is 19.7 Å². The fraction of sp³-hybridized carbons (Fsp3) is 0.304. The lowest BCUT2D eigenvalue weighted by Gasteiger charge is -2.32. The third-order valence-electron chi connectivity index (χ3n) is 5.21. The van der Waals surface area contributed by atoms with Gasteiger partial charge in [0, 0.05) is 24.9 Å². The van der Waals surface area contributed by atoms with Gasteiger partial charge >= 0.3 is 6.18 Å². The number of nitrogens with zero attached hydrogens (tertiary/aromatic N) is 4. The largest absolute Gasteiger partial charge is 0.416 e. The number of alkyl halides is 3. The zero-order chi connectivity index (χ0) is 22.7. The van der Waals surface area contributed by atoms with Crippen LogP contribution in [0.15, 0.2) is 54.9 Å². The maximum absolute atomic E-state index is 13.3. The first kappa shape index (κ1) is 21.9. The van der Waals surface area contributed by atoms with Gasteiger partial charge < -0.3 is 9.64 Å². The first-order valence-electron chi connectivity index (χ1n) is 10.1. The molecule has 6 nitrogen and oxygen atoms in total. The Hall–Kier alpha value is -3.33. The van der Waals surface area contributed by atoms with Gasteiger partial charge in [0.15, 0.2) is 0 Å². The first-order valence-corrected chi connectivity index (χ1v) is 10.1. The second kappa shape index (κ2) is 9.04. The highest BCUT2D eigenvalue weighted by atomic mass is 19.4. The summed E-state index contributed by atoms with van der Waals surface area (Å²) in [7, 11) is 0. The van der Waals surface area contributed by atoms with Crippen molar-refractivity contribution in [3.63, 3.8) is 0 Å². The van der Waals surface area contributed by atoms with Crippen LogP contribution < -0.4 is 0 Å². The predicted octanol–water partition coefficient (Wildman–Crippen LogP) is 4.00. The van der Waals surface area contributed by atoms with Crippen LogP contribution in [0.25, 0.3) is 0 Å². The minimum absolute atomic E-state index is 0.0395. The molecule has 4 rings (SSSR count). The quantitative estimate of drug-likeness (QED) is 0.611. The number of benzene rings is 1. The number of hydrogen-bond acceptors (Lipinski definition) is 5. The third-order valence-corrected chi connectivity index (χ3v) is 5.21. The Bertz CT molecular complexity index is 1100. The fourth-order valence-corrected chi connectivity index (χ4v) is 3.60. The van der Waals surface area contributed by atoms with Gasteiger partial charge in [0.2, 0.25) is 0 Å². The van der Waals surface area contributed by atoms with Gasteiger partial charge in [-0.1, -0.05) is 24.3 Å². The number of rotatable bonds is 4. The number of pyridine rings is 1. The van der Waals surface area contributed by atoms with Crippen molar-refractivity contribution in [3.8, 4) is 0 Å². The molecule has 32 heavy (non-hydrogen) atoms. The number of carbonyl (C=O) groups is 1. The molecule has 0 spiro atoms. The van der Waals surface area contributed by atoms with Crippen LogP contribution in [0.1, 0.15) is 44.8 Å². The van der Waals surface area contributed by atoms with E-state index in [9.17, 15) is 18.0 Å². The lowest BCUT2D eigenvalue weighted by atomic mass is 10.0. The van der Waals surface area contributed by atoms with Crippen LogP contribution in [-0.2, 0) is 17.3 Å². The monoisotopic (exact) mass is 442 g/mol. The molecule has 9 heteroatoms. The van der Waals surface area contributed by atoms with Crippen LogP contribution in [0.4, 0.5) is 13.2 Å². The minimum atomic E-state index is -4.43. The summed E-state index contributed by atoms with van der Waals surface area (Å²) < 4.78 is 45.8. The summed E-state index contributed by atoms with van der Waals surface area (Å²) in [6.45, 7) is 2.78. The van der Waals surface area contributed by atoms with E-state index in [-0.39, 0.29) is 30.1 Å². The summed E-state index contributed by atoms with van der Waals surface area (Å²) in [6, 6.07) is 10.7. The third kappa shape index (κ3) is 4.94. The van der Waals surface area contributed by atoms with Crippen molar-refractivity contribution in [2.24, 2.45) is 0 Å². The smallest absolute Gasteiger partial charge is 0.368 e. The van der Waals surface area contributed by atoms with Crippen LogP contribution in [0.3, 0.4) is 0 Å². The highest BCUT2D eigenvalue weighted by Gasteiger charge is 2.33. The molecule has 0 saturated carbocycles. The second-order valence-corrected chi connectivity index (χ2v) is 7.54. The van der Waals surface area contributed by atoms with Crippen LogP contribution in [-0.4, -0.2) is 45.5 Å². The summed E-state index contributed by atoms with van der Waals surface area (Å²) in [4.78, 5) is 27.2. The zero-order valence-corrected chi connectivity index (χ0v) is 17.3. The van der Waals surface area contributed by atoms with Crippen molar-refractivity contribution in [3.05, 3.63) is 88.8 Å². The molecule has 0 unspecified atom stereocenters. The van der Waals surface area contributed by atoms with E-state index in [1.165, 1.54) is 24.5 Å². The van der Waals surface area contributed by atoms with Gasteiger partial charge in [-0.15, -0.1) is 0 Å². The van der Waals surface area contributed by atoms with E-state index in [2.05, 4.69) is 15.0 Å². The highest BCUT2D eigenvalue weighted by molar-refractivity contribution is 5.92. The topological polar surface area (TPSA) is 68.2 Å². The van der Waals surface area contributed by atoms with Crippen LogP contribution in [0.5, 0.6) is 0 Å². The maximum Gasteiger partial charge on any atom is 0.416 e. The molecule has 1 atom stereocenters. The fourth-order valence-electron chi connectivity index (χ4n) is 3.60. The number of aromatic nitrogens is 3. The predicted molar refractivity (Wildman–Crippen MR) is 110 cm³/mol. The summed E-state index contributed by atoms with van der Waals surface area (Å²) in [5.74, 6) is -0.249. The van der Waals surface area contributed by atoms with Crippen molar-refractivity contribution in [1.29, 1.82) is 0 Å². The number of aryl methyl sites for hydroxylation is 1. The van der Waals surface area contributed by atoms with E-state index in [0.29, 0.717) is 24.5 Å². The molecule has 1 fully saturated rings. The number of hydrogen-bond donors (Lipinski definition) is 0. The molecule has 0 bridgehead atoms. The summed E-state index contributed by atoms with van der Waals surface area (Å²) in [5, 5.41) is 0. The Kier molecular flexibility index (Phi) is 6.18. The normalized spacial score (nSPS) is 16.8. The number of ether oxygens (including phenoxy) is 1. The molecule has 0 radical (unpaired) electrons. The molecule has 1 saturated heterocycles. The standard InChI is InChI=1S/C23H21F3N4O2/c1-15-12-28-20(13-27-15)22(31)30-9-10-32-21(14-30)19-8-4-6-17(29-19)11-16-5-2-3-7-18(16)23(24,25)26/h2-8,12-13,21H,9-11,14H2,1H3/t21-/m1/s1. The van der Waals surface area contributed by atoms with E-state index < -0.39 is 17.8 Å². The van der Waals surface area contributed by atoms with Gasteiger partial charge in [0.1, 0.15) is 11.8 Å². The first-order chi connectivity index (χ1) is 15.3. The number of halogens is 3. The molecule has 1 aromatic carbocycles. The molecule has 0 N–H and O–H groups in total. The number of morpholine rings is 1. The SMILES string of the molecule is Cc1cnc(C(=O)N2CCO[C@@H](c3cccc(Cc4ccccc4C(F)(F)F)n3)C2)cn1. The molecule has 1 aliphatic heterocycles. The van der Waals surface area contributed by atoms with Crippen molar-refractivity contribution in [2.45, 2.75) is 25.6 Å². The maximum atomic E-state index is 13.3. The van der Waals surface area contributed by atoms with E-state index in [1.807, 2.05) is 0 Å². The van der Waals surface area contributed by atoms with Crippen LogP contribution in [0.2, 0.25) is 0 Å². The van der Waals surface area contributed by atoms with Gasteiger partial charge in [-0.3, -0.25) is 14.8 Å². The molecular weight excluding hydrogens is 421 g/mol. The van der Waals surface area contributed by atoms with Gasteiger partial charge in [0.25, 0.3) is 5.91 Å². The molecule has 3 heterocycles. The molecule has 3 aromatic rings. The van der Waals surface area contributed by atoms with Crippen LogP contribution >= 0.6 is 0 Å². The Morgan fingerprint density at radius 2 is 1.94 bits per heavy atom. The zero-order valence-electron chi connectivity index (χ0n) is 17.3. The minimum Gasteiger partial charge on any atom is -0.368 e. The van der Waals surface area contributed by atoms with E-state index in [4.69, 9.17) is 4.74 Å². The molecular formula is C23H21F3N4O2. The Balaban J connectivity index is 1.51. The van der Waals surface area contributed by atoms with E-state index in [0.717, 1.165) is 11.8 Å². The Labute approximate surface area is 183 Å². The summed E-state index contributed by atoms with van der Waals surface area (Å²) in [6.07, 6.45) is -1.89. The summed E-state index contributed by atoms with van der Waals surface area (Å²) in [5.41, 5.74) is 1.52. The molecule has 166 valence electrons. The van der Waals surface area contributed by atoms with E-state index >= 15 is 0 Å². The second-order valence-electron chi connectivity index (χ2n) is 7.54. The lowest BCUT2D eigenvalue weighted by Crippen LogP contribution is -2.42. The molecule has 1 aliphatic rings. The van der Waals surface area contributed by atoms with Crippen molar-refractivity contribution in [1.82, 2.24) is 19.9 Å². The molecule has 1 amide bonds. The highest BCUT2D eigenvalue weighted by Crippen LogP contribution is 2.33. The number of carbonyl (C=O) groups excluding carboxylic acids is 1. The molecule has 2 aromatic heterocycles. The number of amides is 1. The van der Waals surface area contributed by atoms with Gasteiger partial charge in [-0.2, -0.15) is 13.2 Å². The average molecular weight is 442 g/mol. The van der Waals surface area contributed by atoms with Gasteiger partial charge in [0.05, 0.1) is 36.3 Å². The summed E-state index contributed by atoms with van der Waals surface area (Å²) >= 11 is 0. The molecule has 0 aliphatic carbocycles. The average Bonchev–Trinajstić information content (AvgIpc) is 2.79. The van der Waals surface area contributed by atoms with Crippen molar-refractivity contribution < 1.29 is 22.7 Å². The van der Waals surface area contributed by atoms with Crippen molar-refractivity contribution >= 4 is 5.91 Å². The Morgan fingerprint density at radius 1 is 1.12 bits per heavy atom. The Morgan fingerprint density at radius 3 is 2.69 bits per heavy atom. The van der Waals surface area contributed by atoms with Gasteiger partial charge in [-0.25, -0.2) is 4.98 Å². The van der Waals surface area contributed by atoms with E-state index in [1.54, 1.807) is 36.1 Å².